The van der Waals surface area contributed by atoms with Crippen LogP contribution in [0.2, 0.25) is 0 Å². The number of carbonyl (C=O) groups excluding carboxylic acids is 1. The summed E-state index contributed by atoms with van der Waals surface area (Å²) < 4.78 is 8.25. The zero-order valence-corrected chi connectivity index (χ0v) is 14.7. The molecule has 124 valence electrons. The number of hydrogen-bond donors (Lipinski definition) is 1. The smallest absolute Gasteiger partial charge is 0.287 e. The van der Waals surface area contributed by atoms with Crippen molar-refractivity contribution in [1.29, 1.82) is 0 Å². The lowest BCUT2D eigenvalue weighted by molar-refractivity contribution is 0.0925. The summed E-state index contributed by atoms with van der Waals surface area (Å²) in [4.78, 5) is 12.3. The molecule has 6 heteroatoms. The molecule has 25 heavy (non-hydrogen) atoms. The highest BCUT2D eigenvalue weighted by Gasteiger charge is 2.13. The third-order valence-corrected chi connectivity index (χ3v) is 4.45. The van der Waals surface area contributed by atoms with Gasteiger partial charge in [-0.3, -0.25) is 4.79 Å². The van der Waals surface area contributed by atoms with E-state index in [0.717, 1.165) is 21.1 Å². The van der Waals surface area contributed by atoms with Gasteiger partial charge in [-0.25, -0.2) is 4.68 Å². The highest BCUT2D eigenvalue weighted by Crippen LogP contribution is 2.26. The standard InChI is InChI=1S/C19H14BrN3O2/c20-16-8-4-5-14-9-17(25-18(14)16)19(24)21-10-13-11-22-23(12-13)15-6-2-1-3-7-15/h1-9,11-12H,10H2,(H,21,24). The van der Waals surface area contributed by atoms with Crippen molar-refractivity contribution in [1.82, 2.24) is 15.1 Å². The Balaban J connectivity index is 1.46. The van der Waals surface area contributed by atoms with E-state index in [1.165, 1.54) is 0 Å². The fraction of sp³-hybridized carbons (Fsp3) is 0.0526. The highest BCUT2D eigenvalue weighted by molar-refractivity contribution is 9.10. The van der Waals surface area contributed by atoms with Crippen LogP contribution in [0.4, 0.5) is 0 Å². The van der Waals surface area contributed by atoms with Crippen LogP contribution in [0.3, 0.4) is 0 Å². The third kappa shape index (κ3) is 3.21. The fourth-order valence-corrected chi connectivity index (χ4v) is 3.04. The van der Waals surface area contributed by atoms with Crippen molar-refractivity contribution in [2.24, 2.45) is 0 Å². The fourth-order valence-electron chi connectivity index (χ4n) is 2.58. The number of benzene rings is 2. The molecule has 1 amide bonds. The van der Waals surface area contributed by atoms with Crippen LogP contribution in [0.5, 0.6) is 0 Å². The molecule has 0 saturated heterocycles. The number of nitrogens with one attached hydrogen (secondary N) is 1. The van der Waals surface area contributed by atoms with Crippen molar-refractivity contribution >= 4 is 32.8 Å². The van der Waals surface area contributed by atoms with Gasteiger partial charge in [0.2, 0.25) is 0 Å². The molecule has 1 N–H and O–H groups in total. The van der Waals surface area contributed by atoms with Crippen LogP contribution in [-0.2, 0) is 6.54 Å². The first kappa shape index (κ1) is 15.7. The van der Waals surface area contributed by atoms with E-state index in [-0.39, 0.29) is 11.7 Å². The molecule has 0 atom stereocenters. The number of carbonyl (C=O) groups is 1. The zero-order chi connectivity index (χ0) is 17.2. The van der Waals surface area contributed by atoms with Crippen molar-refractivity contribution in [3.8, 4) is 5.69 Å². The minimum absolute atomic E-state index is 0.254. The number of nitrogens with zero attached hydrogens (tertiary/aromatic N) is 2. The molecular formula is C19H14BrN3O2. The van der Waals surface area contributed by atoms with Crippen LogP contribution in [0, 0.1) is 0 Å². The molecule has 2 aromatic carbocycles. The molecule has 0 spiro atoms. The summed E-state index contributed by atoms with van der Waals surface area (Å²) in [5.74, 6) is 0.0351. The number of fused-ring (bicyclic) bond motifs is 1. The molecule has 2 aromatic heterocycles. The van der Waals surface area contributed by atoms with E-state index in [9.17, 15) is 4.79 Å². The number of amides is 1. The van der Waals surface area contributed by atoms with Crippen LogP contribution < -0.4 is 5.32 Å². The minimum atomic E-state index is -0.254. The SMILES string of the molecule is O=C(NCc1cnn(-c2ccccc2)c1)c1cc2cccc(Br)c2o1. The summed E-state index contributed by atoms with van der Waals surface area (Å²) in [5.41, 5.74) is 2.56. The summed E-state index contributed by atoms with van der Waals surface area (Å²) in [5, 5.41) is 8.06. The van der Waals surface area contributed by atoms with Gasteiger partial charge in [0.1, 0.15) is 5.58 Å². The van der Waals surface area contributed by atoms with Gasteiger partial charge in [-0.1, -0.05) is 30.3 Å². The van der Waals surface area contributed by atoms with Gasteiger partial charge in [0.05, 0.1) is 16.4 Å². The average Bonchev–Trinajstić information content (AvgIpc) is 3.28. The topological polar surface area (TPSA) is 60.1 Å². The molecule has 0 unspecified atom stereocenters. The maximum atomic E-state index is 12.3. The first-order valence-corrected chi connectivity index (χ1v) is 8.55. The van der Waals surface area contributed by atoms with Crippen molar-refractivity contribution in [3.05, 3.63) is 82.8 Å². The van der Waals surface area contributed by atoms with E-state index in [2.05, 4.69) is 26.3 Å². The third-order valence-electron chi connectivity index (χ3n) is 3.83. The Bertz CT molecular complexity index is 1040. The van der Waals surface area contributed by atoms with Crippen LogP contribution in [0.1, 0.15) is 16.1 Å². The van der Waals surface area contributed by atoms with Gasteiger partial charge in [-0.05, 0) is 40.2 Å². The van der Waals surface area contributed by atoms with Crippen molar-refractivity contribution < 1.29 is 9.21 Å². The summed E-state index contributed by atoms with van der Waals surface area (Å²) in [7, 11) is 0. The molecule has 4 rings (SSSR count). The molecule has 2 heterocycles. The number of hydrogen-bond acceptors (Lipinski definition) is 3. The number of rotatable bonds is 4. The molecule has 0 aliphatic rings. The number of halogens is 1. The maximum absolute atomic E-state index is 12.3. The Kier molecular flexibility index (Phi) is 4.11. The first-order valence-electron chi connectivity index (χ1n) is 7.76. The van der Waals surface area contributed by atoms with Crippen LogP contribution in [0.15, 0.2) is 75.9 Å². The molecule has 0 aliphatic heterocycles. The van der Waals surface area contributed by atoms with Gasteiger partial charge < -0.3 is 9.73 Å². The number of para-hydroxylation sites is 2. The van der Waals surface area contributed by atoms with Gasteiger partial charge in [-0.2, -0.15) is 5.10 Å². The lowest BCUT2D eigenvalue weighted by atomic mass is 10.2. The number of furan rings is 1. The molecule has 0 bridgehead atoms. The van der Waals surface area contributed by atoms with Gasteiger partial charge in [0.15, 0.2) is 5.76 Å². The largest absolute Gasteiger partial charge is 0.450 e. The lowest BCUT2D eigenvalue weighted by Gasteiger charge is -2.01. The Morgan fingerprint density at radius 3 is 2.80 bits per heavy atom. The molecule has 0 radical (unpaired) electrons. The summed E-state index contributed by atoms with van der Waals surface area (Å²) >= 11 is 3.42. The van der Waals surface area contributed by atoms with E-state index in [1.807, 2.05) is 54.7 Å². The predicted molar refractivity (Wildman–Crippen MR) is 98.6 cm³/mol. The first-order chi connectivity index (χ1) is 12.2. The monoisotopic (exact) mass is 395 g/mol. The zero-order valence-electron chi connectivity index (χ0n) is 13.1. The maximum Gasteiger partial charge on any atom is 0.287 e. The highest BCUT2D eigenvalue weighted by atomic mass is 79.9. The van der Waals surface area contributed by atoms with Gasteiger partial charge in [0, 0.05) is 23.7 Å². The Morgan fingerprint density at radius 1 is 1.16 bits per heavy atom. The van der Waals surface area contributed by atoms with Crippen molar-refractivity contribution in [3.63, 3.8) is 0 Å². The van der Waals surface area contributed by atoms with Gasteiger partial charge in [-0.15, -0.1) is 0 Å². The molecule has 0 aliphatic carbocycles. The second-order valence-corrected chi connectivity index (χ2v) is 6.43. The minimum Gasteiger partial charge on any atom is -0.450 e. The van der Waals surface area contributed by atoms with Crippen molar-refractivity contribution in [2.75, 3.05) is 0 Å². The summed E-state index contributed by atoms with van der Waals surface area (Å²) in [6.45, 7) is 0.379. The van der Waals surface area contributed by atoms with E-state index >= 15 is 0 Å². The van der Waals surface area contributed by atoms with Crippen LogP contribution >= 0.6 is 15.9 Å². The van der Waals surface area contributed by atoms with Gasteiger partial charge in [0.25, 0.3) is 5.91 Å². The van der Waals surface area contributed by atoms with E-state index < -0.39 is 0 Å². The second kappa shape index (κ2) is 6.57. The van der Waals surface area contributed by atoms with E-state index in [4.69, 9.17) is 4.42 Å². The lowest BCUT2D eigenvalue weighted by Crippen LogP contribution is -2.21. The van der Waals surface area contributed by atoms with Crippen molar-refractivity contribution in [2.45, 2.75) is 6.54 Å². The molecule has 4 aromatic rings. The number of aromatic nitrogens is 2. The van der Waals surface area contributed by atoms with E-state index in [1.54, 1.807) is 16.9 Å². The van der Waals surface area contributed by atoms with Crippen LogP contribution in [-0.4, -0.2) is 15.7 Å². The Morgan fingerprint density at radius 2 is 2.00 bits per heavy atom. The predicted octanol–water partition coefficient (Wildman–Crippen LogP) is 4.31. The molecule has 5 nitrogen and oxygen atoms in total. The Hall–Kier alpha value is -2.86. The summed E-state index contributed by atoms with van der Waals surface area (Å²) in [6.07, 6.45) is 3.63. The molecule has 0 fully saturated rings. The molecular weight excluding hydrogens is 382 g/mol. The van der Waals surface area contributed by atoms with Crippen LogP contribution in [0.25, 0.3) is 16.7 Å². The average molecular weight is 396 g/mol. The normalized spacial score (nSPS) is 10.9. The van der Waals surface area contributed by atoms with E-state index in [0.29, 0.717) is 12.1 Å². The molecule has 0 saturated carbocycles. The summed E-state index contributed by atoms with van der Waals surface area (Å²) in [6, 6.07) is 17.2. The Labute approximate surface area is 152 Å². The second-order valence-electron chi connectivity index (χ2n) is 5.58. The van der Waals surface area contributed by atoms with Gasteiger partial charge >= 0.3 is 0 Å². The quantitative estimate of drug-likeness (QED) is 0.559.